The molecular weight excluding hydrogens is 363 g/mol. The highest BCUT2D eigenvalue weighted by Crippen LogP contribution is 2.20. The van der Waals surface area contributed by atoms with Crippen LogP contribution in [-0.2, 0) is 9.59 Å². The van der Waals surface area contributed by atoms with Gasteiger partial charge in [-0.2, -0.15) is 0 Å². The summed E-state index contributed by atoms with van der Waals surface area (Å²) in [5.74, 6) is -0.156. The van der Waals surface area contributed by atoms with E-state index in [0.717, 1.165) is 0 Å². The normalized spacial score (nSPS) is 14.4. The molecule has 3 N–H and O–H groups in total. The summed E-state index contributed by atoms with van der Waals surface area (Å²) in [5, 5.41) is 3.31. The highest BCUT2D eigenvalue weighted by atomic mass is 35.5. The van der Waals surface area contributed by atoms with E-state index in [1.165, 1.54) is 0 Å². The minimum absolute atomic E-state index is 0. The van der Waals surface area contributed by atoms with E-state index in [0.29, 0.717) is 36.9 Å². The molecule has 2 rings (SSSR count). The summed E-state index contributed by atoms with van der Waals surface area (Å²) in [6.07, 6.45) is 0. The van der Waals surface area contributed by atoms with Gasteiger partial charge in [-0.05, 0) is 12.1 Å². The average molecular weight is 384 g/mol. The number of piperazine rings is 1. The number of carbonyl (C=O) groups excluding carboxylic acids is 2. The molecule has 0 atom stereocenters. The molecule has 0 bridgehead atoms. The Balaban J connectivity index is 0.00000242. The van der Waals surface area contributed by atoms with E-state index < -0.39 is 0 Å². The van der Waals surface area contributed by atoms with Crippen LogP contribution in [-0.4, -0.2) is 60.9 Å². The summed E-state index contributed by atoms with van der Waals surface area (Å²) in [4.78, 5) is 27.2. The van der Waals surface area contributed by atoms with Crippen molar-refractivity contribution in [2.45, 2.75) is 0 Å². The van der Waals surface area contributed by atoms with Crippen molar-refractivity contribution in [2.75, 3.05) is 44.6 Å². The summed E-state index contributed by atoms with van der Waals surface area (Å²) in [6, 6.07) is 7.12. The minimum Gasteiger partial charge on any atom is -0.339 e. The van der Waals surface area contributed by atoms with E-state index in [2.05, 4.69) is 5.32 Å². The third kappa shape index (κ3) is 6.53. The van der Waals surface area contributed by atoms with Crippen molar-refractivity contribution in [3.63, 3.8) is 0 Å². The van der Waals surface area contributed by atoms with Crippen molar-refractivity contribution in [3.05, 3.63) is 29.3 Å². The zero-order valence-corrected chi connectivity index (χ0v) is 14.9. The first-order valence-electron chi connectivity index (χ1n) is 6.84. The Morgan fingerprint density at radius 3 is 2.30 bits per heavy atom. The molecule has 1 aromatic rings. The van der Waals surface area contributed by atoms with Gasteiger partial charge in [-0.1, -0.05) is 23.7 Å². The Kier molecular flexibility index (Phi) is 10.2. The predicted molar refractivity (Wildman–Crippen MR) is 96.7 cm³/mol. The lowest BCUT2D eigenvalue weighted by molar-refractivity contribution is -0.131. The maximum Gasteiger partial charge on any atom is 0.238 e. The molecule has 1 aliphatic rings. The van der Waals surface area contributed by atoms with Crippen LogP contribution < -0.4 is 11.1 Å². The smallest absolute Gasteiger partial charge is 0.238 e. The number of nitrogens with one attached hydrogen (secondary N) is 1. The number of para-hydroxylation sites is 1. The van der Waals surface area contributed by atoms with Crippen molar-refractivity contribution >= 4 is 53.9 Å². The highest BCUT2D eigenvalue weighted by Gasteiger charge is 2.21. The minimum atomic E-state index is -0.110. The number of nitrogens with zero attached hydrogens (tertiary/aromatic N) is 2. The van der Waals surface area contributed by atoms with Gasteiger partial charge in [-0.3, -0.25) is 14.5 Å². The first-order chi connectivity index (χ1) is 10.1. The van der Waals surface area contributed by atoms with Crippen molar-refractivity contribution in [1.82, 2.24) is 9.80 Å². The summed E-state index contributed by atoms with van der Waals surface area (Å²) >= 11 is 6.00. The monoisotopic (exact) mass is 382 g/mol. The van der Waals surface area contributed by atoms with E-state index in [1.807, 2.05) is 17.0 Å². The second-order valence-corrected chi connectivity index (χ2v) is 5.30. The second kappa shape index (κ2) is 10.7. The van der Waals surface area contributed by atoms with E-state index in [-0.39, 0.29) is 49.7 Å². The van der Waals surface area contributed by atoms with E-state index >= 15 is 0 Å². The van der Waals surface area contributed by atoms with Crippen LogP contribution in [0.1, 0.15) is 0 Å². The quantitative estimate of drug-likeness (QED) is 0.819. The third-order valence-corrected chi connectivity index (χ3v) is 3.74. The summed E-state index contributed by atoms with van der Waals surface area (Å²) in [6.45, 7) is 2.87. The molecule has 6 nitrogen and oxygen atoms in total. The first kappa shape index (κ1) is 21.9. The average Bonchev–Trinajstić information content (AvgIpc) is 2.49. The molecular formula is C14H21Cl3N4O2. The largest absolute Gasteiger partial charge is 0.339 e. The topological polar surface area (TPSA) is 78.7 Å². The molecule has 0 aromatic heterocycles. The fourth-order valence-electron chi connectivity index (χ4n) is 2.24. The van der Waals surface area contributed by atoms with E-state index in [1.54, 1.807) is 17.0 Å². The summed E-state index contributed by atoms with van der Waals surface area (Å²) < 4.78 is 0. The molecule has 1 fully saturated rings. The van der Waals surface area contributed by atoms with Gasteiger partial charge in [0.1, 0.15) is 0 Å². The highest BCUT2D eigenvalue weighted by molar-refractivity contribution is 6.33. The molecule has 0 radical (unpaired) electrons. The number of carbonyl (C=O) groups is 2. The Morgan fingerprint density at radius 2 is 1.74 bits per heavy atom. The van der Waals surface area contributed by atoms with Crippen molar-refractivity contribution in [3.8, 4) is 0 Å². The molecule has 0 spiro atoms. The standard InChI is InChI=1S/C14H19ClN4O2.2ClH/c15-11-3-1-2-4-12(11)17-13(20)10-18-5-7-19(8-6-18)14(21)9-16;;/h1-4H,5-10,16H2,(H,17,20);2*1H. The van der Waals surface area contributed by atoms with Crippen LogP contribution in [0.2, 0.25) is 5.02 Å². The molecule has 1 aromatic carbocycles. The lowest BCUT2D eigenvalue weighted by atomic mass is 10.3. The zero-order chi connectivity index (χ0) is 15.2. The predicted octanol–water partition coefficient (Wildman–Crippen LogP) is 1.22. The number of anilines is 1. The van der Waals surface area contributed by atoms with E-state index in [4.69, 9.17) is 17.3 Å². The lowest BCUT2D eigenvalue weighted by Gasteiger charge is -2.34. The van der Waals surface area contributed by atoms with Gasteiger partial charge >= 0.3 is 0 Å². The van der Waals surface area contributed by atoms with Crippen molar-refractivity contribution < 1.29 is 9.59 Å². The molecule has 23 heavy (non-hydrogen) atoms. The maximum atomic E-state index is 12.0. The molecule has 9 heteroatoms. The number of benzene rings is 1. The van der Waals surface area contributed by atoms with Gasteiger partial charge in [-0.25, -0.2) is 0 Å². The van der Waals surface area contributed by atoms with Gasteiger partial charge in [0, 0.05) is 26.2 Å². The molecule has 1 saturated heterocycles. The van der Waals surface area contributed by atoms with Crippen LogP contribution in [0.15, 0.2) is 24.3 Å². The van der Waals surface area contributed by atoms with Gasteiger partial charge in [0.25, 0.3) is 0 Å². The fourth-order valence-corrected chi connectivity index (χ4v) is 2.42. The van der Waals surface area contributed by atoms with Gasteiger partial charge in [0.15, 0.2) is 0 Å². The first-order valence-corrected chi connectivity index (χ1v) is 7.22. The number of nitrogens with two attached hydrogens (primary N) is 1. The van der Waals surface area contributed by atoms with Crippen molar-refractivity contribution in [1.29, 1.82) is 0 Å². The maximum absolute atomic E-state index is 12.0. The van der Waals surface area contributed by atoms with Crippen LogP contribution >= 0.6 is 36.4 Å². The van der Waals surface area contributed by atoms with Gasteiger partial charge in [-0.15, -0.1) is 24.8 Å². The second-order valence-electron chi connectivity index (χ2n) is 4.89. The molecule has 0 aliphatic carbocycles. The zero-order valence-electron chi connectivity index (χ0n) is 12.5. The van der Waals surface area contributed by atoms with Crippen LogP contribution in [0.3, 0.4) is 0 Å². The number of amides is 2. The van der Waals surface area contributed by atoms with Crippen LogP contribution in [0.5, 0.6) is 0 Å². The van der Waals surface area contributed by atoms with Gasteiger partial charge < -0.3 is 16.0 Å². The number of rotatable bonds is 4. The SMILES string of the molecule is Cl.Cl.NCC(=O)N1CCN(CC(=O)Nc2ccccc2Cl)CC1. The third-order valence-electron chi connectivity index (χ3n) is 3.41. The molecule has 130 valence electrons. The Morgan fingerprint density at radius 1 is 1.13 bits per heavy atom. The van der Waals surface area contributed by atoms with Crippen molar-refractivity contribution in [2.24, 2.45) is 5.73 Å². The molecule has 2 amide bonds. The van der Waals surface area contributed by atoms with Gasteiger partial charge in [0.05, 0.1) is 23.8 Å². The van der Waals surface area contributed by atoms with Crippen LogP contribution in [0.25, 0.3) is 0 Å². The van der Waals surface area contributed by atoms with E-state index in [9.17, 15) is 9.59 Å². The molecule has 0 saturated carbocycles. The Bertz CT molecular complexity index is 522. The van der Waals surface area contributed by atoms with Crippen LogP contribution in [0, 0.1) is 0 Å². The number of hydrogen-bond acceptors (Lipinski definition) is 4. The van der Waals surface area contributed by atoms with Crippen LogP contribution in [0.4, 0.5) is 5.69 Å². The molecule has 0 unspecified atom stereocenters. The molecule has 1 aliphatic heterocycles. The Labute approximate surface area is 153 Å². The molecule has 1 heterocycles. The number of halogens is 3. The number of hydrogen-bond donors (Lipinski definition) is 2. The fraction of sp³-hybridized carbons (Fsp3) is 0.429. The Hall–Kier alpha value is -1.05. The van der Waals surface area contributed by atoms with Gasteiger partial charge in [0.2, 0.25) is 11.8 Å². The lowest BCUT2D eigenvalue weighted by Crippen LogP contribution is -2.51. The summed E-state index contributed by atoms with van der Waals surface area (Å²) in [7, 11) is 0. The summed E-state index contributed by atoms with van der Waals surface area (Å²) in [5.41, 5.74) is 5.95.